The van der Waals surface area contributed by atoms with Gasteiger partial charge in [0.05, 0.1) is 4.90 Å². The van der Waals surface area contributed by atoms with Crippen LogP contribution in [-0.4, -0.2) is 37.5 Å². The van der Waals surface area contributed by atoms with E-state index in [-0.39, 0.29) is 17.4 Å². The highest BCUT2D eigenvalue weighted by Gasteiger charge is 2.36. The van der Waals surface area contributed by atoms with Crippen molar-refractivity contribution in [3.05, 3.63) is 23.8 Å². The summed E-state index contributed by atoms with van der Waals surface area (Å²) in [5.41, 5.74) is 7.28. The number of aliphatic hydroxyl groups is 1. The molecule has 0 amide bonds. The Bertz CT molecular complexity index is 536. The highest BCUT2D eigenvalue weighted by Crippen LogP contribution is 2.27. The maximum Gasteiger partial charge on any atom is 0.243 e. The van der Waals surface area contributed by atoms with E-state index in [4.69, 9.17) is 10.8 Å². The van der Waals surface area contributed by atoms with Crippen molar-refractivity contribution in [2.75, 3.05) is 25.4 Å². The van der Waals surface area contributed by atoms with Crippen LogP contribution in [0.2, 0.25) is 0 Å². The summed E-state index contributed by atoms with van der Waals surface area (Å²) >= 11 is 0. The highest BCUT2D eigenvalue weighted by molar-refractivity contribution is 7.89. The molecule has 1 fully saturated rings. The minimum Gasteiger partial charge on any atom is -0.398 e. The van der Waals surface area contributed by atoms with Gasteiger partial charge in [-0.15, -0.1) is 0 Å². The van der Waals surface area contributed by atoms with Crippen LogP contribution in [0.3, 0.4) is 0 Å². The van der Waals surface area contributed by atoms with E-state index in [1.165, 1.54) is 10.4 Å². The fourth-order valence-corrected chi connectivity index (χ4v) is 3.67. The normalized spacial score (nSPS) is 17.7. The average molecular weight is 270 g/mol. The molecule has 1 heterocycles. The molecule has 1 aliphatic rings. The van der Waals surface area contributed by atoms with Crippen LogP contribution >= 0.6 is 0 Å². The molecule has 0 aliphatic carbocycles. The van der Waals surface area contributed by atoms with Gasteiger partial charge in [-0.25, -0.2) is 8.42 Å². The van der Waals surface area contributed by atoms with E-state index in [9.17, 15) is 8.42 Å². The van der Waals surface area contributed by atoms with E-state index in [1.54, 1.807) is 12.1 Å². The van der Waals surface area contributed by atoms with Gasteiger partial charge in [0.2, 0.25) is 10.0 Å². The van der Waals surface area contributed by atoms with Crippen LogP contribution in [0, 0.1) is 5.92 Å². The van der Waals surface area contributed by atoms with Gasteiger partial charge in [-0.05, 0) is 24.1 Å². The molecular weight excluding hydrogens is 252 g/mol. The van der Waals surface area contributed by atoms with Gasteiger partial charge < -0.3 is 10.8 Å². The zero-order chi connectivity index (χ0) is 13.3. The largest absolute Gasteiger partial charge is 0.398 e. The molecule has 1 aromatic carbocycles. The Kier molecular flexibility index (Phi) is 3.61. The molecule has 0 spiro atoms. The number of anilines is 1. The Morgan fingerprint density at radius 2 is 2.11 bits per heavy atom. The first kappa shape index (κ1) is 13.3. The summed E-state index contributed by atoms with van der Waals surface area (Å²) in [6.07, 6.45) is 0.780. The number of benzene rings is 1. The molecule has 0 unspecified atom stereocenters. The smallest absolute Gasteiger partial charge is 0.243 e. The number of aryl methyl sites for hydroxylation is 1. The molecule has 2 rings (SSSR count). The van der Waals surface area contributed by atoms with Crippen molar-refractivity contribution in [1.82, 2.24) is 4.31 Å². The van der Waals surface area contributed by atoms with Crippen LogP contribution in [0.15, 0.2) is 23.1 Å². The summed E-state index contributed by atoms with van der Waals surface area (Å²) in [4.78, 5) is 0.230. The fourth-order valence-electron chi connectivity index (χ4n) is 2.04. The van der Waals surface area contributed by atoms with Crippen LogP contribution in [0.4, 0.5) is 5.69 Å². The van der Waals surface area contributed by atoms with Crippen molar-refractivity contribution >= 4 is 15.7 Å². The first-order valence-electron chi connectivity index (χ1n) is 5.98. The molecule has 0 radical (unpaired) electrons. The summed E-state index contributed by atoms with van der Waals surface area (Å²) < 4.78 is 25.8. The van der Waals surface area contributed by atoms with Crippen LogP contribution in [0.25, 0.3) is 0 Å². The third kappa shape index (κ3) is 2.23. The van der Waals surface area contributed by atoms with E-state index in [0.717, 1.165) is 12.0 Å². The van der Waals surface area contributed by atoms with Crippen LogP contribution in [0.5, 0.6) is 0 Å². The predicted molar refractivity (Wildman–Crippen MR) is 69.6 cm³/mol. The fraction of sp³-hybridized carbons (Fsp3) is 0.500. The summed E-state index contributed by atoms with van der Waals surface area (Å²) in [7, 11) is -3.45. The molecule has 18 heavy (non-hydrogen) atoms. The number of nitrogen functional groups attached to an aromatic ring is 1. The van der Waals surface area contributed by atoms with Crippen molar-refractivity contribution in [3.8, 4) is 0 Å². The lowest BCUT2D eigenvalue weighted by molar-refractivity contribution is 0.117. The molecule has 0 atom stereocenters. The standard InChI is InChI=1S/C12H18N2O3S/c1-2-10-3-4-11(5-12(10)13)18(16,17)14-6-9(7-14)8-15/h3-5,9,15H,2,6-8,13H2,1H3. The summed E-state index contributed by atoms with van der Waals surface area (Å²) in [6.45, 7) is 2.77. The van der Waals surface area contributed by atoms with Gasteiger partial charge >= 0.3 is 0 Å². The van der Waals surface area contributed by atoms with Gasteiger partial charge in [0, 0.05) is 31.3 Å². The molecule has 1 saturated heterocycles. The SMILES string of the molecule is CCc1ccc(S(=O)(=O)N2CC(CO)C2)cc1N. The van der Waals surface area contributed by atoms with Crippen LogP contribution in [-0.2, 0) is 16.4 Å². The van der Waals surface area contributed by atoms with E-state index in [1.807, 2.05) is 6.92 Å². The number of nitrogens with two attached hydrogens (primary N) is 1. The number of aliphatic hydroxyl groups excluding tert-OH is 1. The Morgan fingerprint density at radius 3 is 2.61 bits per heavy atom. The molecule has 1 aliphatic heterocycles. The quantitative estimate of drug-likeness (QED) is 0.778. The van der Waals surface area contributed by atoms with Crippen molar-refractivity contribution < 1.29 is 13.5 Å². The Morgan fingerprint density at radius 1 is 1.44 bits per heavy atom. The Hall–Kier alpha value is -1.11. The van der Waals surface area contributed by atoms with Crippen molar-refractivity contribution in [2.24, 2.45) is 5.92 Å². The monoisotopic (exact) mass is 270 g/mol. The lowest BCUT2D eigenvalue weighted by Gasteiger charge is -2.36. The molecular formula is C12H18N2O3S. The van der Waals surface area contributed by atoms with Crippen LogP contribution < -0.4 is 5.73 Å². The molecule has 6 heteroatoms. The van der Waals surface area contributed by atoms with E-state index < -0.39 is 10.0 Å². The van der Waals surface area contributed by atoms with Gasteiger partial charge in [-0.2, -0.15) is 4.31 Å². The average Bonchev–Trinajstić information content (AvgIpc) is 2.27. The van der Waals surface area contributed by atoms with Gasteiger partial charge in [0.25, 0.3) is 0 Å². The zero-order valence-corrected chi connectivity index (χ0v) is 11.2. The minimum absolute atomic E-state index is 0.0307. The number of hydrogen-bond donors (Lipinski definition) is 2. The first-order chi connectivity index (χ1) is 8.48. The van der Waals surface area contributed by atoms with Crippen molar-refractivity contribution in [1.29, 1.82) is 0 Å². The second-order valence-corrected chi connectivity index (χ2v) is 6.52. The minimum atomic E-state index is -3.45. The summed E-state index contributed by atoms with van der Waals surface area (Å²) in [6, 6.07) is 4.86. The Labute approximate surface area is 107 Å². The second-order valence-electron chi connectivity index (χ2n) is 4.58. The van der Waals surface area contributed by atoms with Gasteiger partial charge in [-0.1, -0.05) is 13.0 Å². The third-order valence-electron chi connectivity index (χ3n) is 3.32. The van der Waals surface area contributed by atoms with Gasteiger partial charge in [0.15, 0.2) is 0 Å². The molecule has 3 N–H and O–H groups in total. The number of sulfonamides is 1. The molecule has 1 aromatic rings. The lowest BCUT2D eigenvalue weighted by atomic mass is 10.1. The molecule has 0 saturated carbocycles. The zero-order valence-electron chi connectivity index (χ0n) is 10.3. The highest BCUT2D eigenvalue weighted by atomic mass is 32.2. The molecule has 0 aromatic heterocycles. The third-order valence-corrected chi connectivity index (χ3v) is 5.15. The number of rotatable bonds is 4. The molecule has 100 valence electrons. The first-order valence-corrected chi connectivity index (χ1v) is 7.42. The van der Waals surface area contributed by atoms with Gasteiger partial charge in [0.1, 0.15) is 0 Å². The number of nitrogens with zero attached hydrogens (tertiary/aromatic N) is 1. The second kappa shape index (κ2) is 4.87. The summed E-state index contributed by atoms with van der Waals surface area (Å²) in [5, 5.41) is 8.91. The van der Waals surface area contributed by atoms with E-state index in [2.05, 4.69) is 0 Å². The van der Waals surface area contributed by atoms with Crippen LogP contribution in [0.1, 0.15) is 12.5 Å². The Balaban J connectivity index is 2.23. The topological polar surface area (TPSA) is 83.6 Å². The van der Waals surface area contributed by atoms with Crippen molar-refractivity contribution in [3.63, 3.8) is 0 Å². The van der Waals surface area contributed by atoms with Gasteiger partial charge in [-0.3, -0.25) is 0 Å². The predicted octanol–water partition coefficient (Wildman–Crippen LogP) is 0.444. The van der Waals surface area contributed by atoms with E-state index in [0.29, 0.717) is 18.8 Å². The number of hydrogen-bond acceptors (Lipinski definition) is 4. The molecule has 5 nitrogen and oxygen atoms in total. The summed E-state index contributed by atoms with van der Waals surface area (Å²) in [5.74, 6) is 0.0621. The van der Waals surface area contributed by atoms with E-state index >= 15 is 0 Å². The maximum atomic E-state index is 12.2. The van der Waals surface area contributed by atoms with Crippen molar-refractivity contribution in [2.45, 2.75) is 18.2 Å². The lowest BCUT2D eigenvalue weighted by Crippen LogP contribution is -2.51. The molecule has 0 bridgehead atoms. The maximum absolute atomic E-state index is 12.2.